The average Bonchev–Trinajstić information content (AvgIpc) is 2.46. The van der Waals surface area contributed by atoms with Crippen LogP contribution in [0.5, 0.6) is 0 Å². The van der Waals surface area contributed by atoms with E-state index in [4.69, 9.17) is 12.8 Å². The summed E-state index contributed by atoms with van der Waals surface area (Å²) in [6.45, 7) is 3.42. The van der Waals surface area contributed by atoms with Crippen LogP contribution in [0.25, 0.3) is 0 Å². The summed E-state index contributed by atoms with van der Waals surface area (Å²) in [5.41, 5.74) is -0.0725. The van der Waals surface area contributed by atoms with Crippen molar-refractivity contribution in [1.82, 2.24) is 0 Å². The summed E-state index contributed by atoms with van der Waals surface area (Å²) in [7, 11) is 0. The molecule has 0 spiro atoms. The Hall–Kier alpha value is -3.08. The van der Waals surface area contributed by atoms with Crippen LogP contribution in [-0.4, -0.2) is 11.9 Å². The van der Waals surface area contributed by atoms with Gasteiger partial charge in [-0.05, 0) is 0 Å². The Balaban J connectivity index is 4.05. The summed E-state index contributed by atoms with van der Waals surface area (Å²) in [6, 6.07) is 0. The first kappa shape index (κ1) is 17.9. The molecule has 4 nitrogen and oxygen atoms in total. The topological polar surface area (TPSA) is 52.6 Å². The molecule has 0 N–H and O–H groups in total. The summed E-state index contributed by atoms with van der Waals surface area (Å²) in [6.07, 6.45) is 15.9. The smallest absolute Gasteiger partial charge is 0.347 e. The lowest BCUT2D eigenvalue weighted by Gasteiger charge is -1.99. The van der Waals surface area contributed by atoms with Crippen molar-refractivity contribution in [2.75, 3.05) is 0 Å². The number of ether oxygens (including phenoxy) is 2. The van der Waals surface area contributed by atoms with Crippen molar-refractivity contribution in [3.63, 3.8) is 0 Å². The fourth-order valence-electron chi connectivity index (χ4n) is 0.901. The van der Waals surface area contributed by atoms with Gasteiger partial charge in [0, 0.05) is 31.3 Å². The van der Waals surface area contributed by atoms with Crippen molar-refractivity contribution >= 4 is 11.9 Å². The molecule has 0 aromatic heterocycles. The minimum atomic E-state index is -0.791. The second-order valence-corrected chi connectivity index (χ2v) is 3.61. The number of carbonyl (C=O) groups is 2. The minimum Gasteiger partial charge on any atom is -0.372 e. The van der Waals surface area contributed by atoms with Gasteiger partial charge in [0.25, 0.3) is 0 Å². The van der Waals surface area contributed by atoms with Crippen molar-refractivity contribution < 1.29 is 19.1 Å². The highest BCUT2D eigenvalue weighted by atomic mass is 16.5. The van der Waals surface area contributed by atoms with Crippen LogP contribution in [-0.2, 0) is 19.1 Å². The van der Waals surface area contributed by atoms with E-state index in [9.17, 15) is 9.59 Å². The predicted octanol–water partition coefficient (Wildman–Crippen LogP) is 1.77. The lowest BCUT2D eigenvalue weighted by atomic mass is 10.2. The maximum absolute atomic E-state index is 11.4. The van der Waals surface area contributed by atoms with E-state index in [1.807, 2.05) is 0 Å². The first-order chi connectivity index (χ1) is 10.1. The maximum Gasteiger partial charge on any atom is 0.347 e. The zero-order valence-corrected chi connectivity index (χ0v) is 11.5. The highest BCUT2D eigenvalue weighted by Gasteiger charge is 2.13. The molecule has 0 rings (SSSR count). The molecular weight excluding hydrogens is 268 g/mol. The van der Waals surface area contributed by atoms with Gasteiger partial charge in [0.2, 0.25) is 0 Å². The number of hydrogen-bond donors (Lipinski definition) is 0. The monoisotopic (exact) mass is 282 g/mol. The molecule has 0 heterocycles. The van der Waals surface area contributed by atoms with E-state index in [2.05, 4.69) is 51.9 Å². The van der Waals surface area contributed by atoms with Crippen molar-refractivity contribution in [3.8, 4) is 48.7 Å². The van der Waals surface area contributed by atoms with Gasteiger partial charge in [-0.1, -0.05) is 18.4 Å². The van der Waals surface area contributed by atoms with Gasteiger partial charge in [0.1, 0.15) is 12.2 Å². The number of carbonyl (C=O) groups excluding carboxylic acids is 2. The van der Waals surface area contributed by atoms with E-state index in [0.29, 0.717) is 25.7 Å². The standard InChI is InChI=1S/C17H14O4/c1-4-6-8-10-12-20-16(18)14-15(3)17(19)21-13-11-9-7-5-2/h1-2H,3,6-9,14H2. The van der Waals surface area contributed by atoms with Gasteiger partial charge >= 0.3 is 11.9 Å². The minimum absolute atomic E-state index is 0.0725. The van der Waals surface area contributed by atoms with Crippen LogP contribution in [0, 0.1) is 48.7 Å². The fourth-order valence-corrected chi connectivity index (χ4v) is 0.901. The molecule has 0 aromatic carbocycles. The first-order valence-corrected chi connectivity index (χ1v) is 6.03. The van der Waals surface area contributed by atoms with Crippen LogP contribution < -0.4 is 0 Å². The Kier molecular flexibility index (Phi) is 10.2. The van der Waals surface area contributed by atoms with E-state index in [0.717, 1.165) is 0 Å². The fraction of sp³-hybridized carbons (Fsp3) is 0.294. The molecule has 21 heavy (non-hydrogen) atoms. The van der Waals surface area contributed by atoms with E-state index in [-0.39, 0.29) is 12.0 Å². The highest BCUT2D eigenvalue weighted by molar-refractivity contribution is 5.93. The molecule has 0 unspecified atom stereocenters. The Morgan fingerprint density at radius 3 is 1.95 bits per heavy atom. The first-order valence-electron chi connectivity index (χ1n) is 6.03. The molecule has 0 fully saturated rings. The Labute approximate surface area is 124 Å². The summed E-state index contributed by atoms with van der Waals surface area (Å²) >= 11 is 0. The summed E-state index contributed by atoms with van der Waals surface area (Å²) in [5.74, 6) is 8.39. The molecule has 0 aromatic rings. The summed E-state index contributed by atoms with van der Waals surface area (Å²) in [5, 5.41) is 0. The molecule has 0 aliphatic heterocycles. The third-order valence-electron chi connectivity index (χ3n) is 1.89. The normalized spacial score (nSPS) is 7.71. The number of rotatable bonds is 5. The molecule has 0 radical (unpaired) electrons. The van der Waals surface area contributed by atoms with E-state index < -0.39 is 11.9 Å². The molecule has 0 aliphatic rings. The lowest BCUT2D eigenvalue weighted by molar-refractivity contribution is -0.139. The predicted molar refractivity (Wildman–Crippen MR) is 77.6 cm³/mol. The van der Waals surface area contributed by atoms with Crippen LogP contribution in [0.2, 0.25) is 0 Å². The Morgan fingerprint density at radius 2 is 1.43 bits per heavy atom. The van der Waals surface area contributed by atoms with Crippen molar-refractivity contribution in [1.29, 1.82) is 0 Å². The second-order valence-electron chi connectivity index (χ2n) is 3.61. The zero-order valence-electron chi connectivity index (χ0n) is 11.5. The van der Waals surface area contributed by atoms with Gasteiger partial charge < -0.3 is 9.47 Å². The third kappa shape index (κ3) is 10.5. The van der Waals surface area contributed by atoms with Crippen molar-refractivity contribution in [2.24, 2.45) is 0 Å². The van der Waals surface area contributed by atoms with Gasteiger partial charge in [-0.25, -0.2) is 4.79 Å². The van der Waals surface area contributed by atoms with Crippen LogP contribution in [0.15, 0.2) is 12.2 Å². The van der Waals surface area contributed by atoms with E-state index >= 15 is 0 Å². The molecule has 0 amide bonds. The molecule has 0 atom stereocenters. The van der Waals surface area contributed by atoms with Crippen LogP contribution >= 0.6 is 0 Å². The highest BCUT2D eigenvalue weighted by Crippen LogP contribution is 2.02. The number of terminal acetylenes is 2. The number of unbranched alkanes of at least 4 members (excludes halogenated alkanes) is 2. The van der Waals surface area contributed by atoms with Crippen molar-refractivity contribution in [3.05, 3.63) is 12.2 Å². The van der Waals surface area contributed by atoms with E-state index in [1.54, 1.807) is 0 Å². The Morgan fingerprint density at radius 1 is 0.905 bits per heavy atom. The number of esters is 2. The third-order valence-corrected chi connectivity index (χ3v) is 1.89. The molecule has 0 aliphatic carbocycles. The molecule has 4 heteroatoms. The quantitative estimate of drug-likeness (QED) is 0.334. The van der Waals surface area contributed by atoms with Crippen LogP contribution in [0.4, 0.5) is 0 Å². The molecule has 0 saturated heterocycles. The van der Waals surface area contributed by atoms with Gasteiger partial charge in [-0.15, -0.1) is 24.7 Å². The lowest BCUT2D eigenvalue weighted by Crippen LogP contribution is -2.09. The molecule has 106 valence electrons. The van der Waals surface area contributed by atoms with Gasteiger partial charge in [0.05, 0.1) is 6.42 Å². The van der Waals surface area contributed by atoms with Crippen LogP contribution in [0.1, 0.15) is 32.1 Å². The Bertz CT molecular complexity index is 591. The van der Waals surface area contributed by atoms with E-state index in [1.165, 1.54) is 0 Å². The van der Waals surface area contributed by atoms with Crippen molar-refractivity contribution in [2.45, 2.75) is 32.1 Å². The van der Waals surface area contributed by atoms with Gasteiger partial charge in [-0.3, -0.25) is 4.79 Å². The zero-order chi connectivity index (χ0) is 15.9. The number of hydrogen-bond acceptors (Lipinski definition) is 4. The second kappa shape index (κ2) is 12.0. The summed E-state index contributed by atoms with van der Waals surface area (Å²) < 4.78 is 9.15. The largest absolute Gasteiger partial charge is 0.372 e. The SMILES string of the molecule is C#CCCC#COC(=O)CC(=C)C(=O)OC#CCCC#C. The molecular formula is C17H14O4. The summed E-state index contributed by atoms with van der Waals surface area (Å²) in [4.78, 5) is 22.7. The van der Waals surface area contributed by atoms with Gasteiger partial charge in [-0.2, -0.15) is 0 Å². The van der Waals surface area contributed by atoms with Crippen LogP contribution in [0.3, 0.4) is 0 Å². The molecule has 0 saturated carbocycles. The average molecular weight is 282 g/mol. The molecule has 0 bridgehead atoms. The maximum atomic E-state index is 11.4. The van der Waals surface area contributed by atoms with Gasteiger partial charge in [0.15, 0.2) is 0 Å².